The third kappa shape index (κ3) is 3.65. The second-order valence-corrected chi connectivity index (χ2v) is 3.96. The number of carboxylic acids is 1. The van der Waals surface area contributed by atoms with Crippen LogP contribution in [0.5, 0.6) is 0 Å². The van der Waals surface area contributed by atoms with Gasteiger partial charge in [-0.15, -0.1) is 0 Å². The third-order valence-corrected chi connectivity index (χ3v) is 2.52. The Bertz CT molecular complexity index is 460. The van der Waals surface area contributed by atoms with E-state index in [0.717, 1.165) is 0 Å². The molecule has 1 rings (SSSR count). The minimum atomic E-state index is -1.02. The Morgan fingerprint density at radius 3 is 2.61 bits per heavy atom. The van der Waals surface area contributed by atoms with Gasteiger partial charge in [-0.3, -0.25) is 9.59 Å². The van der Waals surface area contributed by atoms with Crippen LogP contribution in [0.1, 0.15) is 31.4 Å². The SMILES string of the molecule is CCC(=O)NC(CC(=O)O)c1cc(N)ccc1N. The van der Waals surface area contributed by atoms with Crippen LogP contribution in [0, 0.1) is 0 Å². The molecule has 0 fully saturated rings. The standard InChI is InChI=1S/C12H17N3O3/c1-2-11(16)15-10(6-12(17)18)8-5-7(13)3-4-9(8)14/h3-5,10H,2,6,13-14H2,1H3,(H,15,16)(H,17,18). The van der Waals surface area contributed by atoms with Gasteiger partial charge in [0.1, 0.15) is 0 Å². The van der Waals surface area contributed by atoms with E-state index in [-0.39, 0.29) is 18.7 Å². The topological polar surface area (TPSA) is 118 Å². The van der Waals surface area contributed by atoms with Crippen molar-refractivity contribution in [2.24, 2.45) is 0 Å². The fraction of sp³-hybridized carbons (Fsp3) is 0.333. The van der Waals surface area contributed by atoms with E-state index in [1.807, 2.05) is 0 Å². The first kappa shape index (κ1) is 13.8. The van der Waals surface area contributed by atoms with Crippen molar-refractivity contribution in [3.8, 4) is 0 Å². The molecule has 1 aromatic rings. The second kappa shape index (κ2) is 5.90. The number of aliphatic carboxylic acids is 1. The zero-order chi connectivity index (χ0) is 13.7. The van der Waals surface area contributed by atoms with Gasteiger partial charge in [0.25, 0.3) is 0 Å². The molecule has 0 spiro atoms. The average Bonchev–Trinajstić information content (AvgIpc) is 2.30. The highest BCUT2D eigenvalue weighted by Gasteiger charge is 2.19. The van der Waals surface area contributed by atoms with Crippen LogP contribution in [0.4, 0.5) is 11.4 Å². The molecule has 1 aromatic carbocycles. The molecule has 0 radical (unpaired) electrons. The summed E-state index contributed by atoms with van der Waals surface area (Å²) in [7, 11) is 0. The molecule has 1 amide bonds. The van der Waals surface area contributed by atoms with Gasteiger partial charge in [-0.25, -0.2) is 0 Å². The lowest BCUT2D eigenvalue weighted by Gasteiger charge is -2.19. The average molecular weight is 251 g/mol. The Balaban J connectivity index is 3.04. The van der Waals surface area contributed by atoms with Gasteiger partial charge < -0.3 is 21.9 Å². The van der Waals surface area contributed by atoms with Gasteiger partial charge in [0.15, 0.2) is 0 Å². The van der Waals surface area contributed by atoms with Gasteiger partial charge in [0.05, 0.1) is 12.5 Å². The van der Waals surface area contributed by atoms with Crippen molar-refractivity contribution in [1.29, 1.82) is 0 Å². The van der Waals surface area contributed by atoms with Crippen molar-refractivity contribution in [1.82, 2.24) is 5.32 Å². The molecule has 0 heterocycles. The summed E-state index contributed by atoms with van der Waals surface area (Å²) in [6, 6.07) is 4.13. The fourth-order valence-electron chi connectivity index (χ4n) is 1.60. The Morgan fingerprint density at radius 1 is 1.39 bits per heavy atom. The number of nitrogens with two attached hydrogens (primary N) is 2. The summed E-state index contributed by atoms with van der Waals surface area (Å²) < 4.78 is 0. The lowest BCUT2D eigenvalue weighted by atomic mass is 10.0. The molecule has 0 saturated heterocycles. The molecule has 6 N–H and O–H groups in total. The van der Waals surface area contributed by atoms with Crippen LogP contribution in [0.25, 0.3) is 0 Å². The zero-order valence-electron chi connectivity index (χ0n) is 10.1. The van der Waals surface area contributed by atoms with Crippen LogP contribution in [0.2, 0.25) is 0 Å². The van der Waals surface area contributed by atoms with Gasteiger partial charge in [-0.2, -0.15) is 0 Å². The van der Waals surface area contributed by atoms with E-state index in [0.29, 0.717) is 16.9 Å². The minimum Gasteiger partial charge on any atom is -0.481 e. The molecule has 6 heteroatoms. The number of nitrogens with one attached hydrogen (secondary N) is 1. The molecule has 6 nitrogen and oxygen atoms in total. The maximum absolute atomic E-state index is 11.4. The molecule has 0 aliphatic rings. The highest BCUT2D eigenvalue weighted by molar-refractivity contribution is 5.78. The van der Waals surface area contributed by atoms with E-state index >= 15 is 0 Å². The Kier molecular flexibility index (Phi) is 4.53. The summed E-state index contributed by atoms with van der Waals surface area (Å²) in [5, 5.41) is 11.5. The van der Waals surface area contributed by atoms with Crippen LogP contribution >= 0.6 is 0 Å². The largest absolute Gasteiger partial charge is 0.481 e. The monoisotopic (exact) mass is 251 g/mol. The molecule has 0 bridgehead atoms. The van der Waals surface area contributed by atoms with E-state index < -0.39 is 12.0 Å². The van der Waals surface area contributed by atoms with E-state index in [4.69, 9.17) is 16.6 Å². The highest BCUT2D eigenvalue weighted by atomic mass is 16.4. The lowest BCUT2D eigenvalue weighted by Crippen LogP contribution is -2.30. The third-order valence-electron chi connectivity index (χ3n) is 2.52. The minimum absolute atomic E-state index is 0.233. The van der Waals surface area contributed by atoms with Gasteiger partial charge in [0, 0.05) is 17.8 Å². The van der Waals surface area contributed by atoms with Crippen molar-refractivity contribution in [3.05, 3.63) is 23.8 Å². The molecule has 0 aromatic heterocycles. The van der Waals surface area contributed by atoms with Crippen molar-refractivity contribution < 1.29 is 14.7 Å². The van der Waals surface area contributed by atoms with Crippen LogP contribution in [0.3, 0.4) is 0 Å². The zero-order valence-corrected chi connectivity index (χ0v) is 10.1. The number of hydrogen-bond donors (Lipinski definition) is 4. The summed E-state index contributed by atoms with van der Waals surface area (Å²) in [6.45, 7) is 1.69. The smallest absolute Gasteiger partial charge is 0.305 e. The summed E-state index contributed by atoms with van der Waals surface area (Å²) in [6.07, 6.45) is 0.0394. The van der Waals surface area contributed by atoms with Gasteiger partial charge in [-0.1, -0.05) is 6.92 Å². The first-order valence-corrected chi connectivity index (χ1v) is 5.60. The van der Waals surface area contributed by atoms with E-state index in [2.05, 4.69) is 5.32 Å². The van der Waals surface area contributed by atoms with E-state index in [1.165, 1.54) is 0 Å². The molecule has 0 aliphatic carbocycles. The summed E-state index contributed by atoms with van der Waals surface area (Å²) in [5.41, 5.74) is 12.8. The molecule has 0 saturated carbocycles. The number of anilines is 2. The lowest BCUT2D eigenvalue weighted by molar-refractivity contribution is -0.137. The highest BCUT2D eigenvalue weighted by Crippen LogP contribution is 2.25. The van der Waals surface area contributed by atoms with Crippen LogP contribution in [0.15, 0.2) is 18.2 Å². The van der Waals surface area contributed by atoms with Crippen molar-refractivity contribution in [3.63, 3.8) is 0 Å². The Hall–Kier alpha value is -2.24. The number of nitrogen functional groups attached to an aromatic ring is 2. The molecule has 1 unspecified atom stereocenters. The van der Waals surface area contributed by atoms with Gasteiger partial charge >= 0.3 is 5.97 Å². The van der Waals surface area contributed by atoms with Crippen LogP contribution in [-0.2, 0) is 9.59 Å². The first-order chi connectivity index (χ1) is 8.43. The predicted molar refractivity (Wildman–Crippen MR) is 68.7 cm³/mol. The quantitative estimate of drug-likeness (QED) is 0.579. The molecular weight excluding hydrogens is 234 g/mol. The molecular formula is C12H17N3O3. The van der Waals surface area contributed by atoms with Crippen LogP contribution in [-0.4, -0.2) is 17.0 Å². The maximum Gasteiger partial charge on any atom is 0.305 e. The fourth-order valence-corrected chi connectivity index (χ4v) is 1.60. The number of carbonyl (C=O) groups excluding carboxylic acids is 1. The molecule has 98 valence electrons. The first-order valence-electron chi connectivity index (χ1n) is 5.60. The van der Waals surface area contributed by atoms with Crippen molar-refractivity contribution >= 4 is 23.3 Å². The van der Waals surface area contributed by atoms with Gasteiger partial charge in [-0.05, 0) is 23.8 Å². The Morgan fingerprint density at radius 2 is 2.06 bits per heavy atom. The number of carboxylic acid groups (broad SMARTS) is 1. The number of hydrogen-bond acceptors (Lipinski definition) is 4. The number of amides is 1. The molecule has 1 atom stereocenters. The van der Waals surface area contributed by atoms with Gasteiger partial charge in [0.2, 0.25) is 5.91 Å². The normalized spacial score (nSPS) is 11.8. The summed E-state index contributed by atoms with van der Waals surface area (Å²) >= 11 is 0. The van der Waals surface area contributed by atoms with Crippen LogP contribution < -0.4 is 16.8 Å². The summed E-state index contributed by atoms with van der Waals surface area (Å²) in [5.74, 6) is -1.25. The molecule has 18 heavy (non-hydrogen) atoms. The summed E-state index contributed by atoms with van der Waals surface area (Å²) in [4.78, 5) is 22.2. The second-order valence-electron chi connectivity index (χ2n) is 3.96. The molecule has 0 aliphatic heterocycles. The predicted octanol–water partition coefficient (Wildman–Crippen LogP) is 0.893. The number of benzene rings is 1. The van der Waals surface area contributed by atoms with Crippen molar-refractivity contribution in [2.75, 3.05) is 11.5 Å². The Labute approximate surface area is 105 Å². The number of rotatable bonds is 5. The van der Waals surface area contributed by atoms with E-state index in [9.17, 15) is 9.59 Å². The van der Waals surface area contributed by atoms with E-state index in [1.54, 1.807) is 25.1 Å². The number of carbonyl (C=O) groups is 2. The van der Waals surface area contributed by atoms with Crippen molar-refractivity contribution in [2.45, 2.75) is 25.8 Å². The maximum atomic E-state index is 11.4.